The van der Waals surface area contributed by atoms with Crippen LogP contribution in [-0.4, -0.2) is 0 Å². The van der Waals surface area contributed by atoms with Crippen LogP contribution >= 0.6 is 0 Å². The zero-order chi connectivity index (χ0) is 17.1. The van der Waals surface area contributed by atoms with Crippen molar-refractivity contribution in [2.24, 2.45) is 0 Å². The summed E-state index contributed by atoms with van der Waals surface area (Å²) >= 11 is -0.662. The molecule has 0 N–H and O–H groups in total. The van der Waals surface area contributed by atoms with Crippen LogP contribution in [0.2, 0.25) is 0 Å². The molecular weight excluding hydrogens is 367 g/mol. The van der Waals surface area contributed by atoms with Crippen molar-refractivity contribution in [1.29, 1.82) is 0 Å². The second kappa shape index (κ2) is 7.62. The minimum absolute atomic E-state index is 0.659. The van der Waals surface area contributed by atoms with E-state index in [4.69, 9.17) is 0 Å². The summed E-state index contributed by atoms with van der Waals surface area (Å²) in [6, 6.07) is 17.6. The quantitative estimate of drug-likeness (QED) is 0.505. The molecule has 1 heteroatoms. The molecule has 0 amide bonds. The van der Waals surface area contributed by atoms with Gasteiger partial charge in [0.15, 0.2) is 0 Å². The molecule has 0 radical (unpaired) electrons. The second-order valence-electron chi connectivity index (χ2n) is 6.38. The van der Waals surface area contributed by atoms with Crippen LogP contribution in [0.3, 0.4) is 0 Å². The van der Waals surface area contributed by atoms with Gasteiger partial charge in [0.25, 0.3) is 0 Å². The van der Waals surface area contributed by atoms with Gasteiger partial charge in [-0.25, -0.2) is 0 Å². The van der Waals surface area contributed by atoms with Gasteiger partial charge in [-0.1, -0.05) is 0 Å². The average molecular weight is 392 g/mol. The molecule has 24 heavy (non-hydrogen) atoms. The molecule has 0 saturated heterocycles. The normalized spacial score (nSPS) is 17.5. The van der Waals surface area contributed by atoms with Gasteiger partial charge in [-0.05, 0) is 0 Å². The van der Waals surface area contributed by atoms with E-state index in [9.17, 15) is 0 Å². The summed E-state index contributed by atoms with van der Waals surface area (Å²) in [5.74, 6) is 0. The first-order valence-corrected chi connectivity index (χ1v) is 11.2. The summed E-state index contributed by atoms with van der Waals surface area (Å²) in [6.07, 6.45) is 7.03. The first kappa shape index (κ1) is 17.4. The standard InChI is InChI=1S/C15H11.C8H13.Zr/c1-2-6-12(7-3-1)14-10-4-8-13-9-5-11-15(13)14;1-5-7(3)8(4)6-2;/h1-11H;5H,1-4H3;. The molecule has 0 aromatic heterocycles. The van der Waals surface area contributed by atoms with E-state index in [1.165, 1.54) is 33.4 Å². The number of rotatable bonds is 4. The molecule has 2 aromatic carbocycles. The molecule has 0 saturated carbocycles. The topological polar surface area (TPSA) is 0 Å². The van der Waals surface area contributed by atoms with Crippen LogP contribution in [0.15, 0.2) is 75.1 Å². The second-order valence-corrected chi connectivity index (χ2v) is 10.5. The zero-order valence-corrected chi connectivity index (χ0v) is 17.4. The van der Waals surface area contributed by atoms with Crippen molar-refractivity contribution in [3.05, 3.63) is 86.2 Å². The van der Waals surface area contributed by atoms with E-state index in [1.54, 1.807) is 3.28 Å². The maximum absolute atomic E-state index is 2.45. The predicted molar refractivity (Wildman–Crippen MR) is 101 cm³/mol. The van der Waals surface area contributed by atoms with Crippen molar-refractivity contribution >= 4 is 6.08 Å². The van der Waals surface area contributed by atoms with Gasteiger partial charge in [0.05, 0.1) is 0 Å². The summed E-state index contributed by atoms with van der Waals surface area (Å²) in [6.45, 7) is 8.99. The Morgan fingerprint density at radius 3 is 2.42 bits per heavy atom. The molecule has 0 bridgehead atoms. The van der Waals surface area contributed by atoms with Gasteiger partial charge in [-0.3, -0.25) is 0 Å². The summed E-state index contributed by atoms with van der Waals surface area (Å²) in [7, 11) is 0. The Hall–Kier alpha value is -1.46. The number of hydrogen-bond acceptors (Lipinski definition) is 0. The molecule has 0 fully saturated rings. The van der Waals surface area contributed by atoms with Crippen LogP contribution in [-0.2, 0) is 23.2 Å². The van der Waals surface area contributed by atoms with Crippen LogP contribution < -0.4 is 0 Å². The van der Waals surface area contributed by atoms with Crippen molar-refractivity contribution in [2.75, 3.05) is 0 Å². The van der Waals surface area contributed by atoms with E-state index in [2.05, 4.69) is 94.5 Å². The first-order chi connectivity index (χ1) is 11.6. The molecular formula is C23H24Zr. The third-order valence-corrected chi connectivity index (χ3v) is 8.96. The van der Waals surface area contributed by atoms with Crippen molar-refractivity contribution < 1.29 is 23.2 Å². The fourth-order valence-corrected chi connectivity index (χ4v) is 6.82. The molecule has 0 aliphatic heterocycles. The molecule has 0 nitrogen and oxygen atoms in total. The predicted octanol–water partition coefficient (Wildman–Crippen LogP) is 6.76. The SMILES string of the molecule is CC=C(C)C(C)=[C](C)[Zr][CH]1C=Cc2c(-c3ccccc3)cccc21. The van der Waals surface area contributed by atoms with Crippen molar-refractivity contribution in [3.8, 4) is 11.1 Å². The summed E-state index contributed by atoms with van der Waals surface area (Å²) in [4.78, 5) is 0. The number of benzene rings is 2. The third kappa shape index (κ3) is 3.47. The Kier molecular flexibility index (Phi) is 5.51. The first-order valence-electron chi connectivity index (χ1n) is 8.55. The Morgan fingerprint density at radius 2 is 1.71 bits per heavy atom. The number of fused-ring (bicyclic) bond motifs is 1. The van der Waals surface area contributed by atoms with Gasteiger partial charge in [0.2, 0.25) is 0 Å². The third-order valence-electron chi connectivity index (χ3n) is 4.97. The van der Waals surface area contributed by atoms with E-state index in [1.807, 2.05) is 0 Å². The van der Waals surface area contributed by atoms with Crippen molar-refractivity contribution in [3.63, 3.8) is 0 Å². The van der Waals surface area contributed by atoms with Crippen LogP contribution in [0.25, 0.3) is 17.2 Å². The van der Waals surface area contributed by atoms with Gasteiger partial charge in [-0.2, -0.15) is 0 Å². The number of allylic oxidation sites excluding steroid dienone is 5. The van der Waals surface area contributed by atoms with E-state index in [-0.39, 0.29) is 0 Å². The molecule has 2 aromatic rings. The van der Waals surface area contributed by atoms with Crippen LogP contribution in [0, 0.1) is 0 Å². The Balaban J connectivity index is 1.93. The Morgan fingerprint density at radius 1 is 0.958 bits per heavy atom. The van der Waals surface area contributed by atoms with Crippen molar-refractivity contribution in [2.45, 2.75) is 31.3 Å². The molecule has 3 rings (SSSR count). The zero-order valence-electron chi connectivity index (χ0n) is 14.9. The summed E-state index contributed by atoms with van der Waals surface area (Å²) in [5.41, 5.74) is 8.59. The molecule has 120 valence electrons. The van der Waals surface area contributed by atoms with Gasteiger partial charge in [-0.15, -0.1) is 0 Å². The Bertz CT molecular complexity index is 822. The Labute approximate surface area is 157 Å². The monoisotopic (exact) mass is 390 g/mol. The van der Waals surface area contributed by atoms with E-state index in [0.717, 1.165) is 0 Å². The molecule has 0 spiro atoms. The van der Waals surface area contributed by atoms with Gasteiger partial charge in [0.1, 0.15) is 0 Å². The molecule has 1 aliphatic carbocycles. The fourth-order valence-electron chi connectivity index (χ4n) is 3.19. The van der Waals surface area contributed by atoms with Crippen molar-refractivity contribution in [1.82, 2.24) is 0 Å². The van der Waals surface area contributed by atoms with E-state index >= 15 is 0 Å². The molecule has 0 heterocycles. The van der Waals surface area contributed by atoms with Crippen LogP contribution in [0.5, 0.6) is 0 Å². The number of hydrogen-bond donors (Lipinski definition) is 0. The summed E-state index contributed by atoms with van der Waals surface area (Å²) < 4.78 is 2.31. The van der Waals surface area contributed by atoms with E-state index < -0.39 is 23.2 Å². The van der Waals surface area contributed by atoms with E-state index in [0.29, 0.717) is 3.63 Å². The fraction of sp³-hybridized carbons (Fsp3) is 0.217. The van der Waals surface area contributed by atoms with Gasteiger partial charge in [0, 0.05) is 0 Å². The van der Waals surface area contributed by atoms with Gasteiger partial charge >= 0.3 is 158 Å². The maximum atomic E-state index is 2.45. The minimum atomic E-state index is -0.662. The van der Waals surface area contributed by atoms with Gasteiger partial charge < -0.3 is 0 Å². The summed E-state index contributed by atoms with van der Waals surface area (Å²) in [5, 5.41) is 0. The van der Waals surface area contributed by atoms with Crippen LogP contribution in [0.1, 0.15) is 42.4 Å². The average Bonchev–Trinajstić information content (AvgIpc) is 3.04. The van der Waals surface area contributed by atoms with Crippen LogP contribution in [0.4, 0.5) is 0 Å². The molecule has 1 unspecified atom stereocenters. The molecule has 1 atom stereocenters. The molecule has 1 aliphatic rings.